The van der Waals surface area contributed by atoms with Crippen LogP contribution < -0.4 is 4.90 Å². The lowest BCUT2D eigenvalue weighted by molar-refractivity contribution is 0.574. The standard InChI is InChI=1S/C20H25N5/c1-14-7-12-17-21-18(20(2,3)4)19(25(17)13-14)23-22-15-8-10-16(11-9-15)24(5)6/h7-13H,1-6H3. The molecule has 3 rings (SSSR count). The molecule has 0 radical (unpaired) electrons. The maximum absolute atomic E-state index is 4.78. The van der Waals surface area contributed by atoms with Crippen molar-refractivity contribution in [2.75, 3.05) is 19.0 Å². The first-order chi connectivity index (χ1) is 11.8. The van der Waals surface area contributed by atoms with E-state index in [9.17, 15) is 0 Å². The largest absolute Gasteiger partial charge is 0.378 e. The number of azo groups is 1. The summed E-state index contributed by atoms with van der Waals surface area (Å²) in [6, 6.07) is 12.1. The van der Waals surface area contributed by atoms with Crippen molar-refractivity contribution in [3.63, 3.8) is 0 Å². The van der Waals surface area contributed by atoms with Crippen LogP contribution in [0.1, 0.15) is 32.0 Å². The van der Waals surface area contributed by atoms with Gasteiger partial charge < -0.3 is 4.90 Å². The number of aryl methyl sites for hydroxylation is 1. The van der Waals surface area contributed by atoms with Crippen LogP contribution in [0.3, 0.4) is 0 Å². The van der Waals surface area contributed by atoms with Crippen LogP contribution >= 0.6 is 0 Å². The van der Waals surface area contributed by atoms with E-state index in [2.05, 4.69) is 55.1 Å². The Morgan fingerprint density at radius 3 is 2.24 bits per heavy atom. The van der Waals surface area contributed by atoms with Gasteiger partial charge in [-0.3, -0.25) is 4.40 Å². The van der Waals surface area contributed by atoms with Gasteiger partial charge in [-0.1, -0.05) is 26.8 Å². The van der Waals surface area contributed by atoms with E-state index in [-0.39, 0.29) is 5.41 Å². The number of anilines is 1. The Labute approximate surface area is 149 Å². The van der Waals surface area contributed by atoms with Crippen molar-refractivity contribution < 1.29 is 0 Å². The van der Waals surface area contributed by atoms with E-state index in [0.29, 0.717) is 0 Å². The molecule has 0 aliphatic carbocycles. The zero-order valence-corrected chi connectivity index (χ0v) is 15.8. The van der Waals surface area contributed by atoms with Crippen LogP contribution in [0.5, 0.6) is 0 Å². The average Bonchev–Trinajstić information content (AvgIpc) is 2.91. The monoisotopic (exact) mass is 335 g/mol. The summed E-state index contributed by atoms with van der Waals surface area (Å²) in [5.74, 6) is 0.794. The van der Waals surface area contributed by atoms with Crippen LogP contribution in [-0.2, 0) is 5.41 Å². The highest BCUT2D eigenvalue weighted by Crippen LogP contribution is 2.33. The third-order valence-electron chi connectivity index (χ3n) is 4.08. The van der Waals surface area contributed by atoms with Crippen LogP contribution in [0.15, 0.2) is 52.8 Å². The van der Waals surface area contributed by atoms with Crippen LogP contribution in [0.25, 0.3) is 5.65 Å². The minimum Gasteiger partial charge on any atom is -0.378 e. The first-order valence-electron chi connectivity index (χ1n) is 8.44. The summed E-state index contributed by atoms with van der Waals surface area (Å²) in [5.41, 5.74) is 4.87. The molecule has 0 atom stereocenters. The highest BCUT2D eigenvalue weighted by molar-refractivity contribution is 5.56. The molecule has 25 heavy (non-hydrogen) atoms. The summed E-state index contributed by atoms with van der Waals surface area (Å²) in [6.07, 6.45) is 2.06. The molecule has 5 nitrogen and oxygen atoms in total. The zero-order chi connectivity index (χ0) is 18.2. The average molecular weight is 335 g/mol. The van der Waals surface area contributed by atoms with Crippen LogP contribution in [0.2, 0.25) is 0 Å². The quantitative estimate of drug-likeness (QED) is 0.600. The van der Waals surface area contributed by atoms with Crippen molar-refractivity contribution in [1.82, 2.24) is 9.38 Å². The van der Waals surface area contributed by atoms with E-state index in [1.165, 1.54) is 0 Å². The van der Waals surface area contributed by atoms with Gasteiger partial charge in [0.05, 0.1) is 11.4 Å². The third kappa shape index (κ3) is 3.55. The summed E-state index contributed by atoms with van der Waals surface area (Å²) in [5, 5.41) is 9.01. The number of nitrogens with zero attached hydrogens (tertiary/aromatic N) is 5. The number of rotatable bonds is 3. The lowest BCUT2D eigenvalue weighted by Gasteiger charge is -2.15. The highest BCUT2D eigenvalue weighted by atomic mass is 15.2. The van der Waals surface area contributed by atoms with E-state index in [1.807, 2.05) is 48.8 Å². The number of aromatic nitrogens is 2. The molecule has 0 N–H and O–H groups in total. The number of hydrogen-bond acceptors (Lipinski definition) is 4. The molecule has 5 heteroatoms. The van der Waals surface area contributed by atoms with Gasteiger partial charge >= 0.3 is 0 Å². The lowest BCUT2D eigenvalue weighted by atomic mass is 9.92. The molecule has 0 bridgehead atoms. The Bertz CT molecular complexity index is 912. The minimum atomic E-state index is -0.108. The summed E-state index contributed by atoms with van der Waals surface area (Å²) < 4.78 is 2.02. The van der Waals surface area contributed by atoms with Gasteiger partial charge in [-0.2, -0.15) is 0 Å². The minimum absolute atomic E-state index is 0.108. The molecule has 2 heterocycles. The third-order valence-corrected chi connectivity index (χ3v) is 4.08. The molecule has 3 aromatic rings. The molecule has 0 aliphatic rings. The van der Waals surface area contributed by atoms with Crippen LogP contribution in [0, 0.1) is 6.92 Å². The topological polar surface area (TPSA) is 45.3 Å². The molecular formula is C20H25N5. The van der Waals surface area contributed by atoms with Crippen molar-refractivity contribution in [3.8, 4) is 0 Å². The molecule has 0 fully saturated rings. The van der Waals surface area contributed by atoms with Gasteiger partial charge in [-0.05, 0) is 42.8 Å². The number of imidazole rings is 1. The molecule has 0 aliphatic heterocycles. The molecular weight excluding hydrogens is 310 g/mol. The summed E-state index contributed by atoms with van der Waals surface area (Å²) >= 11 is 0. The summed E-state index contributed by atoms with van der Waals surface area (Å²) in [6.45, 7) is 8.50. The van der Waals surface area contributed by atoms with Gasteiger partial charge in [0.25, 0.3) is 0 Å². The smallest absolute Gasteiger partial charge is 0.183 e. The van der Waals surface area contributed by atoms with Gasteiger partial charge in [0.1, 0.15) is 5.65 Å². The number of hydrogen-bond donors (Lipinski definition) is 0. The molecule has 0 saturated carbocycles. The zero-order valence-electron chi connectivity index (χ0n) is 15.8. The lowest BCUT2D eigenvalue weighted by Crippen LogP contribution is -2.11. The van der Waals surface area contributed by atoms with Gasteiger partial charge in [-0.15, -0.1) is 10.2 Å². The molecule has 0 unspecified atom stereocenters. The summed E-state index contributed by atoms with van der Waals surface area (Å²) in [4.78, 5) is 6.84. The van der Waals surface area contributed by atoms with Crippen molar-refractivity contribution in [3.05, 3.63) is 53.9 Å². The first kappa shape index (κ1) is 17.1. The maximum Gasteiger partial charge on any atom is 0.183 e. The molecule has 0 amide bonds. The van der Waals surface area contributed by atoms with E-state index < -0.39 is 0 Å². The van der Waals surface area contributed by atoms with Gasteiger partial charge in [0.15, 0.2) is 5.82 Å². The molecule has 130 valence electrons. The van der Waals surface area contributed by atoms with Crippen LogP contribution in [0.4, 0.5) is 17.2 Å². The fourth-order valence-electron chi connectivity index (χ4n) is 2.66. The second-order valence-electron chi connectivity index (χ2n) is 7.58. The van der Waals surface area contributed by atoms with E-state index in [1.54, 1.807) is 0 Å². The number of pyridine rings is 1. The van der Waals surface area contributed by atoms with E-state index in [4.69, 9.17) is 4.98 Å². The number of benzene rings is 1. The molecule has 0 saturated heterocycles. The summed E-state index contributed by atoms with van der Waals surface area (Å²) in [7, 11) is 4.04. The molecule has 0 spiro atoms. The van der Waals surface area contributed by atoms with Crippen molar-refractivity contribution in [2.45, 2.75) is 33.1 Å². The fourth-order valence-corrected chi connectivity index (χ4v) is 2.66. The molecule has 1 aromatic carbocycles. The van der Waals surface area contributed by atoms with Crippen molar-refractivity contribution in [1.29, 1.82) is 0 Å². The predicted molar refractivity (Wildman–Crippen MR) is 104 cm³/mol. The fraction of sp³-hybridized carbons (Fsp3) is 0.350. The molecule has 2 aromatic heterocycles. The van der Waals surface area contributed by atoms with E-state index >= 15 is 0 Å². The van der Waals surface area contributed by atoms with Crippen molar-refractivity contribution in [2.24, 2.45) is 10.2 Å². The SMILES string of the molecule is Cc1ccc2nc(C(C)(C)C)c(N=Nc3ccc(N(C)C)cc3)n2c1. The Morgan fingerprint density at radius 1 is 0.960 bits per heavy atom. The van der Waals surface area contributed by atoms with Gasteiger partial charge in [0, 0.05) is 31.4 Å². The second-order valence-corrected chi connectivity index (χ2v) is 7.58. The number of fused-ring (bicyclic) bond motifs is 1. The van der Waals surface area contributed by atoms with Crippen LogP contribution in [-0.4, -0.2) is 23.5 Å². The highest BCUT2D eigenvalue weighted by Gasteiger charge is 2.24. The Kier molecular flexibility index (Phi) is 4.33. The second kappa shape index (κ2) is 6.31. The Hall–Kier alpha value is -2.69. The first-order valence-corrected chi connectivity index (χ1v) is 8.44. The normalized spacial score (nSPS) is 12.2. The van der Waals surface area contributed by atoms with E-state index in [0.717, 1.165) is 34.1 Å². The van der Waals surface area contributed by atoms with Gasteiger partial charge in [-0.25, -0.2) is 4.98 Å². The van der Waals surface area contributed by atoms with Gasteiger partial charge in [0.2, 0.25) is 0 Å². The predicted octanol–water partition coefficient (Wildman–Crippen LogP) is 5.42. The maximum atomic E-state index is 4.78. The van der Waals surface area contributed by atoms with Crippen molar-refractivity contribution >= 4 is 22.8 Å². The Balaban J connectivity index is 2.06. The Morgan fingerprint density at radius 2 is 1.64 bits per heavy atom.